The molecule has 7 heteroatoms. The van der Waals surface area contributed by atoms with Gasteiger partial charge in [0.2, 0.25) is 0 Å². The molecule has 2 rings (SSSR count). The lowest BCUT2D eigenvalue weighted by Crippen LogP contribution is -2.30. The van der Waals surface area contributed by atoms with Crippen LogP contribution >= 0.6 is 22.9 Å². The maximum absolute atomic E-state index is 11.6. The van der Waals surface area contributed by atoms with Crippen LogP contribution in [0, 0.1) is 0 Å². The minimum Gasteiger partial charge on any atom is -0.467 e. The van der Waals surface area contributed by atoms with Gasteiger partial charge < -0.3 is 14.5 Å². The number of thiophene rings is 1. The molecule has 20 heavy (non-hydrogen) atoms. The lowest BCUT2D eigenvalue weighted by molar-refractivity contribution is -0.125. The second-order valence-electron chi connectivity index (χ2n) is 3.98. The van der Waals surface area contributed by atoms with Crippen LogP contribution in [-0.4, -0.2) is 18.5 Å². The van der Waals surface area contributed by atoms with E-state index in [2.05, 4.69) is 5.32 Å². The van der Waals surface area contributed by atoms with E-state index >= 15 is 0 Å². The summed E-state index contributed by atoms with van der Waals surface area (Å²) in [6.07, 6.45) is 1.53. The van der Waals surface area contributed by atoms with Gasteiger partial charge in [-0.25, -0.2) is 4.79 Å². The van der Waals surface area contributed by atoms with Gasteiger partial charge in [0.25, 0.3) is 5.91 Å². The van der Waals surface area contributed by atoms with E-state index in [1.807, 2.05) is 0 Å². The molecule has 2 aromatic rings. The number of carbonyl (C=O) groups excluding carboxylic acids is 2. The minimum absolute atomic E-state index is 0.285. The molecule has 0 fully saturated rings. The molecule has 0 aromatic carbocycles. The molecule has 0 aliphatic heterocycles. The summed E-state index contributed by atoms with van der Waals surface area (Å²) in [5.74, 6) is -0.331. The molecule has 5 nitrogen and oxygen atoms in total. The van der Waals surface area contributed by atoms with Crippen molar-refractivity contribution in [1.29, 1.82) is 0 Å². The molecule has 0 radical (unpaired) electrons. The highest BCUT2D eigenvalue weighted by molar-refractivity contribution is 7.17. The summed E-state index contributed by atoms with van der Waals surface area (Å²) < 4.78 is 10.5. The summed E-state index contributed by atoms with van der Waals surface area (Å²) in [6, 6.07) is 6.36. The summed E-state index contributed by atoms with van der Waals surface area (Å²) in [5, 5.41) is 2.66. The van der Waals surface area contributed by atoms with E-state index in [0.29, 0.717) is 15.0 Å². The lowest BCUT2D eigenvalue weighted by atomic mass is 10.2. The summed E-state index contributed by atoms with van der Waals surface area (Å²) in [4.78, 5) is 23.6. The number of carbonyl (C=O) groups is 2. The summed E-state index contributed by atoms with van der Waals surface area (Å²) in [5.41, 5.74) is 0. The van der Waals surface area contributed by atoms with Crippen LogP contribution in [0.25, 0.3) is 0 Å². The van der Waals surface area contributed by atoms with Crippen molar-refractivity contribution in [1.82, 2.24) is 5.32 Å². The van der Waals surface area contributed by atoms with Gasteiger partial charge in [-0.1, -0.05) is 11.6 Å². The number of nitrogens with one attached hydrogen (secondary N) is 1. The Hall–Kier alpha value is -1.79. The van der Waals surface area contributed by atoms with Crippen LogP contribution in [0.2, 0.25) is 4.34 Å². The first-order valence-electron chi connectivity index (χ1n) is 5.81. The van der Waals surface area contributed by atoms with E-state index < -0.39 is 11.9 Å². The van der Waals surface area contributed by atoms with Gasteiger partial charge in [0.1, 0.15) is 10.6 Å². The fraction of sp³-hybridized carbons (Fsp3) is 0.231. The molecule has 1 amide bonds. The monoisotopic (exact) mass is 313 g/mol. The molecule has 1 atom stereocenters. The van der Waals surface area contributed by atoms with Crippen molar-refractivity contribution in [2.75, 3.05) is 6.61 Å². The molecule has 106 valence electrons. The average molecular weight is 314 g/mol. The van der Waals surface area contributed by atoms with Gasteiger partial charge in [-0.3, -0.25) is 4.79 Å². The third kappa shape index (κ3) is 3.85. The maximum Gasteiger partial charge on any atom is 0.348 e. The van der Waals surface area contributed by atoms with Crippen molar-refractivity contribution in [2.24, 2.45) is 0 Å². The molecular weight excluding hydrogens is 302 g/mol. The first-order valence-corrected chi connectivity index (χ1v) is 7.01. The van der Waals surface area contributed by atoms with Gasteiger partial charge in [-0.15, -0.1) is 11.3 Å². The van der Waals surface area contributed by atoms with Gasteiger partial charge >= 0.3 is 5.97 Å². The fourth-order valence-electron chi connectivity index (χ4n) is 1.52. The van der Waals surface area contributed by atoms with E-state index in [1.165, 1.54) is 6.26 Å². The van der Waals surface area contributed by atoms with Crippen LogP contribution in [-0.2, 0) is 9.53 Å². The SMILES string of the molecule is C[C@H](NC(=O)COC(=O)c1ccc(Cl)s1)c1ccco1. The third-order valence-corrected chi connectivity index (χ3v) is 3.67. The van der Waals surface area contributed by atoms with E-state index in [-0.39, 0.29) is 12.6 Å². The molecule has 0 saturated heterocycles. The van der Waals surface area contributed by atoms with Gasteiger partial charge in [0, 0.05) is 0 Å². The van der Waals surface area contributed by atoms with Crippen molar-refractivity contribution >= 4 is 34.8 Å². The highest BCUT2D eigenvalue weighted by Crippen LogP contribution is 2.21. The third-order valence-electron chi connectivity index (χ3n) is 2.46. The Bertz CT molecular complexity index is 593. The molecule has 2 heterocycles. The minimum atomic E-state index is -0.567. The van der Waals surface area contributed by atoms with Crippen LogP contribution < -0.4 is 5.32 Å². The average Bonchev–Trinajstić information content (AvgIpc) is 3.06. The van der Waals surface area contributed by atoms with E-state index in [1.54, 1.807) is 31.2 Å². The zero-order valence-electron chi connectivity index (χ0n) is 10.6. The van der Waals surface area contributed by atoms with Crippen LogP contribution in [0.3, 0.4) is 0 Å². The number of esters is 1. The topological polar surface area (TPSA) is 68.5 Å². The molecule has 0 bridgehead atoms. The zero-order valence-corrected chi connectivity index (χ0v) is 12.2. The van der Waals surface area contributed by atoms with Gasteiger partial charge in [0.05, 0.1) is 16.6 Å². The Kier molecular flexibility index (Phi) is 4.81. The second-order valence-corrected chi connectivity index (χ2v) is 5.70. The van der Waals surface area contributed by atoms with Gasteiger partial charge in [0.15, 0.2) is 6.61 Å². The first-order chi connectivity index (χ1) is 9.56. The molecule has 1 N–H and O–H groups in total. The molecule has 0 unspecified atom stereocenters. The predicted molar refractivity (Wildman–Crippen MR) is 74.9 cm³/mol. The number of amides is 1. The highest BCUT2D eigenvalue weighted by Gasteiger charge is 2.15. The Labute approximate surface area is 124 Å². The highest BCUT2D eigenvalue weighted by atomic mass is 35.5. The standard InChI is InChI=1S/C13H12ClNO4S/c1-8(9-3-2-6-18-9)15-12(16)7-19-13(17)10-4-5-11(14)20-10/h2-6,8H,7H2,1H3,(H,15,16)/t8-/m0/s1. The van der Waals surface area contributed by atoms with Crippen molar-refractivity contribution in [3.63, 3.8) is 0 Å². The van der Waals surface area contributed by atoms with E-state index in [0.717, 1.165) is 11.3 Å². The Morgan fingerprint density at radius 3 is 2.85 bits per heavy atom. The normalized spacial score (nSPS) is 11.9. The number of hydrogen-bond acceptors (Lipinski definition) is 5. The summed E-state index contributed by atoms with van der Waals surface area (Å²) in [6.45, 7) is 1.43. The lowest BCUT2D eigenvalue weighted by Gasteiger charge is -2.11. The first kappa shape index (κ1) is 14.6. The fourth-order valence-corrected chi connectivity index (χ4v) is 2.46. The van der Waals surface area contributed by atoms with Crippen LogP contribution in [0.15, 0.2) is 34.9 Å². The van der Waals surface area contributed by atoms with Gasteiger partial charge in [-0.2, -0.15) is 0 Å². The Balaban J connectivity index is 1.79. The van der Waals surface area contributed by atoms with Crippen LogP contribution in [0.4, 0.5) is 0 Å². The number of hydrogen-bond donors (Lipinski definition) is 1. The quantitative estimate of drug-likeness (QED) is 0.861. The maximum atomic E-state index is 11.6. The van der Waals surface area contributed by atoms with Crippen molar-refractivity contribution in [3.05, 3.63) is 45.5 Å². The van der Waals surface area contributed by atoms with E-state index in [9.17, 15) is 9.59 Å². The Morgan fingerprint density at radius 2 is 2.25 bits per heavy atom. The summed E-state index contributed by atoms with van der Waals surface area (Å²) >= 11 is 6.82. The Morgan fingerprint density at radius 1 is 1.45 bits per heavy atom. The second kappa shape index (κ2) is 6.58. The molecule has 0 spiro atoms. The van der Waals surface area contributed by atoms with E-state index in [4.69, 9.17) is 20.8 Å². The van der Waals surface area contributed by atoms with Crippen molar-refractivity contribution in [2.45, 2.75) is 13.0 Å². The van der Waals surface area contributed by atoms with Crippen molar-refractivity contribution in [3.8, 4) is 0 Å². The summed E-state index contributed by atoms with van der Waals surface area (Å²) in [7, 11) is 0. The number of halogens is 1. The smallest absolute Gasteiger partial charge is 0.348 e. The molecular formula is C13H12ClNO4S. The molecule has 2 aromatic heterocycles. The molecule has 0 aliphatic carbocycles. The van der Waals surface area contributed by atoms with Crippen LogP contribution in [0.1, 0.15) is 28.4 Å². The number of furan rings is 1. The molecule has 0 aliphatic rings. The largest absolute Gasteiger partial charge is 0.467 e. The zero-order chi connectivity index (χ0) is 14.5. The predicted octanol–water partition coefficient (Wildman–Crippen LogP) is 3.03. The van der Waals surface area contributed by atoms with Crippen LogP contribution in [0.5, 0.6) is 0 Å². The number of rotatable bonds is 5. The van der Waals surface area contributed by atoms with Gasteiger partial charge in [-0.05, 0) is 31.2 Å². The number of ether oxygens (including phenoxy) is 1. The van der Waals surface area contributed by atoms with Crippen molar-refractivity contribution < 1.29 is 18.7 Å². The molecule has 0 saturated carbocycles.